The molecule has 25 heavy (non-hydrogen) atoms. The molecule has 3 aromatic carbocycles. The Hall–Kier alpha value is -1.81. The minimum Gasteiger partial charge on any atom is -0.0955 e. The van der Waals surface area contributed by atoms with Gasteiger partial charge >= 0.3 is 14.1 Å². The van der Waals surface area contributed by atoms with Gasteiger partial charge in [0.05, 0.1) is 0 Å². The highest BCUT2D eigenvalue weighted by atomic mass is 27.2. The molecule has 3 aromatic rings. The Morgan fingerprint density at radius 1 is 0.440 bits per heavy atom. The van der Waals surface area contributed by atoms with Gasteiger partial charge in [0.2, 0.25) is 0 Å². The highest BCUT2D eigenvalue weighted by Gasteiger charge is 2.29. The molecule has 0 unspecified atom stereocenters. The highest BCUT2D eigenvalue weighted by Crippen LogP contribution is 2.09. The van der Waals surface area contributed by atoms with Gasteiger partial charge in [0.1, 0.15) is 0 Å². The van der Waals surface area contributed by atoms with Gasteiger partial charge in [0, 0.05) is 0 Å². The Morgan fingerprint density at radius 2 is 0.720 bits per heavy atom. The molecule has 0 N–H and O–H groups in total. The Labute approximate surface area is 156 Å². The summed E-state index contributed by atoms with van der Waals surface area (Å²) in [6.07, 6.45) is 0. The fourth-order valence-electron chi connectivity index (χ4n) is 3.72. The maximum atomic E-state index is 2.43. The van der Waals surface area contributed by atoms with Crippen molar-refractivity contribution < 1.29 is 0 Å². The lowest BCUT2D eigenvalue weighted by molar-refractivity contribution is 1.40. The molecule has 0 aliphatic rings. The van der Waals surface area contributed by atoms with E-state index >= 15 is 0 Å². The number of hydrogen-bond donors (Lipinski definition) is 0. The van der Waals surface area contributed by atoms with Crippen LogP contribution in [-0.4, -0.2) is 14.1 Å². The molecule has 0 saturated carbocycles. The van der Waals surface area contributed by atoms with E-state index in [0.717, 1.165) is 0 Å². The van der Waals surface area contributed by atoms with E-state index in [1.807, 2.05) is 0 Å². The van der Waals surface area contributed by atoms with Crippen LogP contribution in [0.15, 0.2) is 54.6 Å². The van der Waals surface area contributed by atoms with E-state index in [1.54, 1.807) is 13.3 Å². The molecule has 0 bridgehead atoms. The van der Waals surface area contributed by atoms with Crippen molar-refractivity contribution in [1.82, 2.24) is 0 Å². The standard InChI is InChI=1S/3C8H9.Al/c3*1-7-3-5-8(2)6-4-7;/h3*3-5H,1-2H3;. The zero-order chi connectivity index (χ0) is 18.1. The van der Waals surface area contributed by atoms with Crippen molar-refractivity contribution in [2.75, 3.05) is 0 Å². The summed E-state index contributed by atoms with van der Waals surface area (Å²) < 4.78 is 4.67. The normalized spacial score (nSPS) is 10.8. The van der Waals surface area contributed by atoms with Crippen LogP contribution in [0.1, 0.15) is 33.4 Å². The summed E-state index contributed by atoms with van der Waals surface area (Å²) >= 11 is -1.51. The molecule has 0 heterocycles. The molecule has 0 amide bonds. The van der Waals surface area contributed by atoms with Crippen LogP contribution in [0.4, 0.5) is 0 Å². The van der Waals surface area contributed by atoms with Crippen LogP contribution in [0.25, 0.3) is 0 Å². The van der Waals surface area contributed by atoms with E-state index in [0.29, 0.717) is 0 Å². The molecule has 1 heteroatoms. The highest BCUT2D eigenvalue weighted by molar-refractivity contribution is 6.96. The average molecular weight is 342 g/mol. The Morgan fingerprint density at radius 3 is 1.00 bits per heavy atom. The first-order valence-electron chi connectivity index (χ1n) is 9.08. The molecule has 0 saturated heterocycles. The molecule has 0 aliphatic carbocycles. The quantitative estimate of drug-likeness (QED) is 0.630. The van der Waals surface area contributed by atoms with Crippen LogP contribution < -0.4 is 13.3 Å². The van der Waals surface area contributed by atoms with Gasteiger partial charge in [-0.1, -0.05) is 101 Å². The molecule has 126 valence electrons. The minimum absolute atomic E-state index is 1.36. The van der Waals surface area contributed by atoms with Gasteiger partial charge in [-0.15, -0.1) is 0 Å². The van der Waals surface area contributed by atoms with Crippen LogP contribution in [0.2, 0.25) is 0 Å². The van der Waals surface area contributed by atoms with E-state index in [4.69, 9.17) is 0 Å². The second-order valence-electron chi connectivity index (χ2n) is 7.51. The second kappa shape index (κ2) is 7.21. The van der Waals surface area contributed by atoms with Crippen LogP contribution in [-0.2, 0) is 0 Å². The summed E-state index contributed by atoms with van der Waals surface area (Å²) in [5.41, 5.74) is 8.33. The average Bonchev–Trinajstić information content (AvgIpc) is 2.57. The Kier molecular flexibility index (Phi) is 5.19. The van der Waals surface area contributed by atoms with Gasteiger partial charge in [0.25, 0.3) is 0 Å². The molecule has 0 nitrogen and oxygen atoms in total. The molecular formula is C24H27Al. The predicted molar refractivity (Wildman–Crippen MR) is 112 cm³/mol. The Balaban J connectivity index is 2.34. The predicted octanol–water partition coefficient (Wildman–Crippen LogP) is 4.05. The summed E-state index contributed by atoms with van der Waals surface area (Å²) in [5.74, 6) is 0. The maximum Gasteiger partial charge on any atom is 0.384 e. The first-order chi connectivity index (χ1) is 11.9. The number of aryl methyl sites for hydroxylation is 6. The van der Waals surface area contributed by atoms with Crippen molar-refractivity contribution in [1.29, 1.82) is 0 Å². The van der Waals surface area contributed by atoms with E-state index in [9.17, 15) is 0 Å². The van der Waals surface area contributed by atoms with Crippen molar-refractivity contribution in [3.05, 3.63) is 88.0 Å². The molecule has 0 aromatic heterocycles. The van der Waals surface area contributed by atoms with Crippen molar-refractivity contribution in [2.24, 2.45) is 0 Å². The summed E-state index contributed by atoms with van der Waals surface area (Å²) in [5, 5.41) is 0. The summed E-state index contributed by atoms with van der Waals surface area (Å²) in [6.45, 7) is 13.4. The summed E-state index contributed by atoms with van der Waals surface area (Å²) in [7, 11) is 0. The molecule has 0 radical (unpaired) electrons. The van der Waals surface area contributed by atoms with Crippen LogP contribution >= 0.6 is 0 Å². The lowest BCUT2D eigenvalue weighted by Crippen LogP contribution is -2.55. The van der Waals surface area contributed by atoms with Crippen LogP contribution in [0.3, 0.4) is 0 Å². The number of hydrogen-bond acceptors (Lipinski definition) is 0. The molecular weight excluding hydrogens is 315 g/mol. The van der Waals surface area contributed by atoms with E-state index < -0.39 is 14.1 Å². The van der Waals surface area contributed by atoms with Gasteiger partial charge < -0.3 is 0 Å². The van der Waals surface area contributed by atoms with Crippen molar-refractivity contribution >= 4 is 27.4 Å². The SMILES string of the molecule is Cc1ccc(C)[c]([Al]([c]2cc(C)ccc2C)[c]2cc(C)ccc2C)c1. The van der Waals surface area contributed by atoms with Gasteiger partial charge in [-0.3, -0.25) is 0 Å². The largest absolute Gasteiger partial charge is 0.384 e. The lowest BCUT2D eigenvalue weighted by Gasteiger charge is -2.21. The molecule has 0 aliphatic heterocycles. The van der Waals surface area contributed by atoms with Crippen LogP contribution in [0, 0.1) is 41.5 Å². The maximum absolute atomic E-state index is 2.43. The van der Waals surface area contributed by atoms with Crippen LogP contribution in [0.5, 0.6) is 0 Å². The molecule has 3 rings (SSSR count). The zero-order valence-electron chi connectivity index (χ0n) is 16.3. The first-order valence-corrected chi connectivity index (χ1v) is 10.8. The third-order valence-electron chi connectivity index (χ3n) is 5.24. The van der Waals surface area contributed by atoms with Gasteiger partial charge in [-0.25, -0.2) is 0 Å². The summed E-state index contributed by atoms with van der Waals surface area (Å²) in [4.78, 5) is 0. The summed E-state index contributed by atoms with van der Waals surface area (Å²) in [6, 6.07) is 20.9. The van der Waals surface area contributed by atoms with Crippen molar-refractivity contribution in [3.8, 4) is 0 Å². The third-order valence-corrected chi connectivity index (χ3v) is 8.97. The zero-order valence-corrected chi connectivity index (χ0v) is 17.4. The second-order valence-corrected chi connectivity index (χ2v) is 10.2. The lowest BCUT2D eigenvalue weighted by atomic mass is 10.1. The minimum atomic E-state index is -1.51. The number of benzene rings is 3. The molecule has 0 spiro atoms. The first kappa shape index (κ1) is 18.0. The monoisotopic (exact) mass is 342 g/mol. The topological polar surface area (TPSA) is 0 Å². The van der Waals surface area contributed by atoms with Gasteiger partial charge in [-0.2, -0.15) is 0 Å². The third kappa shape index (κ3) is 3.74. The fourth-order valence-corrected chi connectivity index (χ4v) is 7.66. The van der Waals surface area contributed by atoms with Gasteiger partial charge in [-0.05, 0) is 41.5 Å². The number of rotatable bonds is 3. The van der Waals surface area contributed by atoms with E-state index in [1.165, 1.54) is 33.4 Å². The van der Waals surface area contributed by atoms with Gasteiger partial charge in [0.15, 0.2) is 0 Å². The van der Waals surface area contributed by atoms with Crippen molar-refractivity contribution in [3.63, 3.8) is 0 Å². The van der Waals surface area contributed by atoms with Crippen molar-refractivity contribution in [2.45, 2.75) is 41.5 Å². The van der Waals surface area contributed by atoms with E-state index in [-0.39, 0.29) is 0 Å². The smallest absolute Gasteiger partial charge is 0.0955 e. The molecule has 0 atom stereocenters. The van der Waals surface area contributed by atoms with E-state index in [2.05, 4.69) is 96.1 Å². The Bertz CT molecular complexity index is 799. The fraction of sp³-hybridized carbons (Fsp3) is 0.250. The molecule has 0 fully saturated rings.